The number of nitrogens with zero attached hydrogens (tertiary/aromatic N) is 2. The van der Waals surface area contributed by atoms with E-state index in [4.69, 9.17) is 16.3 Å². The Balaban J connectivity index is 1.70. The average molecular weight is 346 g/mol. The number of carbonyl (C=O) groups excluding carboxylic acids is 1. The monoisotopic (exact) mass is 345 g/mol. The fourth-order valence-electron chi connectivity index (χ4n) is 2.73. The van der Waals surface area contributed by atoms with E-state index < -0.39 is 0 Å². The number of halogens is 1. The number of rotatable bonds is 5. The molecule has 1 aromatic carbocycles. The molecule has 0 saturated carbocycles. The first kappa shape index (κ1) is 16.7. The molecule has 0 bridgehead atoms. The predicted molar refractivity (Wildman–Crippen MR) is 94.1 cm³/mol. The maximum Gasteiger partial charge on any atom is 0.322 e. The number of aromatic nitrogens is 1. The lowest BCUT2D eigenvalue weighted by Crippen LogP contribution is -2.39. The molecule has 24 heavy (non-hydrogen) atoms. The van der Waals surface area contributed by atoms with Crippen LogP contribution in [-0.2, 0) is 11.3 Å². The Labute approximate surface area is 146 Å². The second-order valence-corrected chi connectivity index (χ2v) is 6.25. The first-order valence-corrected chi connectivity index (χ1v) is 8.40. The number of anilines is 1. The minimum atomic E-state index is -0.162. The number of ether oxygens (including phenoxy) is 1. The summed E-state index contributed by atoms with van der Waals surface area (Å²) in [5, 5.41) is 3.50. The molecule has 2 amide bonds. The molecule has 3 rings (SSSR count). The maximum absolute atomic E-state index is 12.7. The van der Waals surface area contributed by atoms with Gasteiger partial charge in [0.25, 0.3) is 0 Å². The van der Waals surface area contributed by atoms with Crippen molar-refractivity contribution in [3.63, 3.8) is 0 Å². The highest BCUT2D eigenvalue weighted by Gasteiger charge is 2.23. The van der Waals surface area contributed by atoms with Crippen molar-refractivity contribution in [2.24, 2.45) is 0 Å². The number of benzene rings is 1. The Morgan fingerprint density at radius 1 is 1.33 bits per heavy atom. The van der Waals surface area contributed by atoms with Gasteiger partial charge in [-0.3, -0.25) is 4.98 Å². The third kappa shape index (κ3) is 4.69. The fraction of sp³-hybridized carbons (Fsp3) is 0.333. The summed E-state index contributed by atoms with van der Waals surface area (Å²) in [6, 6.07) is 10.8. The largest absolute Gasteiger partial charge is 0.376 e. The van der Waals surface area contributed by atoms with Crippen molar-refractivity contribution in [2.45, 2.75) is 25.5 Å². The van der Waals surface area contributed by atoms with Crippen molar-refractivity contribution in [1.82, 2.24) is 9.88 Å². The Kier molecular flexibility index (Phi) is 5.67. The van der Waals surface area contributed by atoms with Crippen LogP contribution in [0.1, 0.15) is 18.4 Å². The van der Waals surface area contributed by atoms with Crippen LogP contribution in [0.2, 0.25) is 5.02 Å². The summed E-state index contributed by atoms with van der Waals surface area (Å²) in [6.07, 6.45) is 5.58. The summed E-state index contributed by atoms with van der Waals surface area (Å²) >= 11 is 5.98. The lowest BCUT2D eigenvalue weighted by Gasteiger charge is -2.26. The van der Waals surface area contributed by atoms with E-state index >= 15 is 0 Å². The average Bonchev–Trinajstić information content (AvgIpc) is 3.08. The van der Waals surface area contributed by atoms with Gasteiger partial charge in [0.15, 0.2) is 0 Å². The van der Waals surface area contributed by atoms with E-state index in [1.807, 2.05) is 24.3 Å². The van der Waals surface area contributed by atoms with Gasteiger partial charge in [-0.05, 0) is 48.7 Å². The standard InChI is InChI=1S/C18H20ClN3O2/c19-15-3-1-4-16(11-15)21-18(23)22(13-17-5-2-10-24-17)12-14-6-8-20-9-7-14/h1,3-4,6-9,11,17H,2,5,10,12-13H2,(H,21,23). The molecular weight excluding hydrogens is 326 g/mol. The molecule has 0 aliphatic carbocycles. The number of nitrogens with one attached hydrogen (secondary N) is 1. The lowest BCUT2D eigenvalue weighted by molar-refractivity contribution is 0.0819. The zero-order valence-electron chi connectivity index (χ0n) is 13.3. The van der Waals surface area contributed by atoms with Gasteiger partial charge in [-0.2, -0.15) is 0 Å². The van der Waals surface area contributed by atoms with Crippen molar-refractivity contribution in [1.29, 1.82) is 0 Å². The Bertz CT molecular complexity index is 675. The quantitative estimate of drug-likeness (QED) is 0.892. The number of hydrogen-bond donors (Lipinski definition) is 1. The summed E-state index contributed by atoms with van der Waals surface area (Å²) in [5.74, 6) is 0. The van der Waals surface area contributed by atoms with Gasteiger partial charge in [-0.15, -0.1) is 0 Å². The Hall–Kier alpha value is -2.11. The molecule has 1 saturated heterocycles. The van der Waals surface area contributed by atoms with Crippen molar-refractivity contribution < 1.29 is 9.53 Å². The third-order valence-corrected chi connectivity index (χ3v) is 4.17. The zero-order chi connectivity index (χ0) is 16.8. The van der Waals surface area contributed by atoms with Gasteiger partial charge in [0.05, 0.1) is 6.10 Å². The highest BCUT2D eigenvalue weighted by molar-refractivity contribution is 6.30. The van der Waals surface area contributed by atoms with Crippen LogP contribution in [0.5, 0.6) is 0 Å². The highest BCUT2D eigenvalue weighted by Crippen LogP contribution is 2.18. The summed E-state index contributed by atoms with van der Waals surface area (Å²) in [6.45, 7) is 1.84. The van der Waals surface area contributed by atoms with Crippen LogP contribution >= 0.6 is 11.6 Å². The van der Waals surface area contributed by atoms with Crippen LogP contribution in [0.15, 0.2) is 48.8 Å². The molecule has 0 spiro atoms. The molecule has 6 heteroatoms. The van der Waals surface area contributed by atoms with Crippen LogP contribution in [0, 0.1) is 0 Å². The first-order valence-electron chi connectivity index (χ1n) is 8.03. The molecule has 1 fully saturated rings. The van der Waals surface area contributed by atoms with Gasteiger partial charge in [-0.25, -0.2) is 4.79 Å². The molecule has 2 aromatic rings. The van der Waals surface area contributed by atoms with E-state index in [1.165, 1.54) is 0 Å². The van der Waals surface area contributed by atoms with Gasteiger partial charge in [-0.1, -0.05) is 17.7 Å². The van der Waals surface area contributed by atoms with Crippen LogP contribution in [0.25, 0.3) is 0 Å². The Morgan fingerprint density at radius 2 is 2.17 bits per heavy atom. The van der Waals surface area contributed by atoms with E-state index in [2.05, 4.69) is 10.3 Å². The van der Waals surface area contributed by atoms with Gasteiger partial charge in [0.1, 0.15) is 0 Å². The van der Waals surface area contributed by atoms with Crippen molar-refractivity contribution in [3.8, 4) is 0 Å². The van der Waals surface area contributed by atoms with E-state index in [1.54, 1.807) is 29.4 Å². The molecule has 1 aliphatic heterocycles. The first-order chi connectivity index (χ1) is 11.7. The molecule has 0 radical (unpaired) electrons. The van der Waals surface area contributed by atoms with Crippen LogP contribution in [0.3, 0.4) is 0 Å². The van der Waals surface area contributed by atoms with Gasteiger partial charge < -0.3 is 15.0 Å². The number of pyridine rings is 1. The van der Waals surface area contributed by atoms with E-state index in [0.29, 0.717) is 23.8 Å². The molecule has 1 N–H and O–H groups in total. The highest BCUT2D eigenvalue weighted by atomic mass is 35.5. The number of hydrogen-bond acceptors (Lipinski definition) is 3. The molecule has 1 atom stereocenters. The van der Waals surface area contributed by atoms with Crippen LogP contribution in [0.4, 0.5) is 10.5 Å². The summed E-state index contributed by atoms with van der Waals surface area (Å²) in [4.78, 5) is 18.5. The SMILES string of the molecule is O=C(Nc1cccc(Cl)c1)N(Cc1ccncc1)CC1CCCO1. The molecule has 126 valence electrons. The maximum atomic E-state index is 12.7. The Morgan fingerprint density at radius 3 is 2.88 bits per heavy atom. The number of carbonyl (C=O) groups is 1. The number of urea groups is 1. The van der Waals surface area contributed by atoms with Gasteiger partial charge in [0.2, 0.25) is 0 Å². The van der Waals surface area contributed by atoms with E-state index in [9.17, 15) is 4.79 Å². The van der Waals surface area contributed by atoms with Gasteiger partial charge >= 0.3 is 6.03 Å². The second kappa shape index (κ2) is 8.13. The minimum absolute atomic E-state index is 0.0944. The van der Waals surface area contributed by atoms with Crippen molar-refractivity contribution >= 4 is 23.3 Å². The minimum Gasteiger partial charge on any atom is -0.376 e. The summed E-state index contributed by atoms with van der Waals surface area (Å²) in [7, 11) is 0. The molecule has 1 unspecified atom stereocenters. The summed E-state index contributed by atoms with van der Waals surface area (Å²) < 4.78 is 5.69. The van der Waals surface area contributed by atoms with E-state index in [0.717, 1.165) is 25.0 Å². The normalized spacial score (nSPS) is 16.8. The molecule has 5 nitrogen and oxygen atoms in total. The number of amides is 2. The van der Waals surface area contributed by atoms with Gasteiger partial charge in [0, 0.05) is 42.8 Å². The van der Waals surface area contributed by atoms with Crippen LogP contribution < -0.4 is 5.32 Å². The predicted octanol–water partition coefficient (Wildman–Crippen LogP) is 3.95. The van der Waals surface area contributed by atoms with Crippen molar-refractivity contribution in [3.05, 3.63) is 59.4 Å². The topological polar surface area (TPSA) is 54.5 Å². The molecule has 2 heterocycles. The second-order valence-electron chi connectivity index (χ2n) is 5.81. The third-order valence-electron chi connectivity index (χ3n) is 3.93. The van der Waals surface area contributed by atoms with Crippen LogP contribution in [-0.4, -0.2) is 35.2 Å². The van der Waals surface area contributed by atoms with Crippen molar-refractivity contribution in [2.75, 3.05) is 18.5 Å². The fourth-order valence-corrected chi connectivity index (χ4v) is 2.92. The molecule has 1 aliphatic rings. The smallest absolute Gasteiger partial charge is 0.322 e. The zero-order valence-corrected chi connectivity index (χ0v) is 14.1. The van der Waals surface area contributed by atoms with E-state index in [-0.39, 0.29) is 12.1 Å². The lowest BCUT2D eigenvalue weighted by atomic mass is 10.2. The molecule has 1 aromatic heterocycles. The molecular formula is C18H20ClN3O2. The summed E-state index contributed by atoms with van der Waals surface area (Å²) in [5.41, 5.74) is 1.71.